The average Bonchev–Trinajstić information content (AvgIpc) is 2.73. The second kappa shape index (κ2) is 9.64. The van der Waals surface area contributed by atoms with Gasteiger partial charge in [-0.2, -0.15) is 0 Å². The fourth-order valence-electron chi connectivity index (χ4n) is 3.35. The maximum absolute atomic E-state index is 13.2. The molecule has 30 heavy (non-hydrogen) atoms. The van der Waals surface area contributed by atoms with E-state index in [4.69, 9.17) is 15.2 Å². The van der Waals surface area contributed by atoms with E-state index in [1.54, 1.807) is 31.0 Å². The lowest BCUT2D eigenvalue weighted by molar-refractivity contribution is -0.659. The molecule has 3 heterocycles. The molecule has 3 rings (SSSR count). The molecule has 9 heteroatoms. The molecule has 0 aliphatic rings. The van der Waals surface area contributed by atoms with E-state index in [0.717, 1.165) is 5.56 Å². The summed E-state index contributed by atoms with van der Waals surface area (Å²) in [6, 6.07) is 5.23. The van der Waals surface area contributed by atoms with Gasteiger partial charge in [0.05, 0.1) is 6.54 Å². The van der Waals surface area contributed by atoms with Crippen LogP contribution < -0.4 is 21.2 Å². The number of carbonyl (C=O) groups is 1. The van der Waals surface area contributed by atoms with Crippen LogP contribution in [0.15, 0.2) is 29.2 Å². The Labute approximate surface area is 174 Å². The molecule has 3 aromatic rings. The van der Waals surface area contributed by atoms with E-state index in [1.165, 1.54) is 10.5 Å². The van der Waals surface area contributed by atoms with Gasteiger partial charge in [0.25, 0.3) is 17.1 Å². The Morgan fingerprint density at radius 3 is 2.70 bits per heavy atom. The molecule has 0 saturated heterocycles. The monoisotopic (exact) mass is 414 g/mol. The van der Waals surface area contributed by atoms with Crippen molar-refractivity contribution in [3.63, 3.8) is 0 Å². The SMILES string of the molecule is COCCCNC(=O)c1cc2c(=O)n3cc(C)ccc3nc2[n+](CCCOC)c1N. The summed E-state index contributed by atoms with van der Waals surface area (Å²) in [5, 5.41) is 3.17. The minimum atomic E-state index is -0.334. The van der Waals surface area contributed by atoms with Crippen LogP contribution in [-0.2, 0) is 16.0 Å². The van der Waals surface area contributed by atoms with E-state index in [0.29, 0.717) is 55.8 Å². The molecule has 0 bridgehead atoms. The summed E-state index contributed by atoms with van der Waals surface area (Å²) < 4.78 is 13.4. The van der Waals surface area contributed by atoms with Crippen molar-refractivity contribution < 1.29 is 18.8 Å². The molecule has 0 aliphatic carbocycles. The number of amides is 1. The van der Waals surface area contributed by atoms with Crippen molar-refractivity contribution in [1.82, 2.24) is 14.7 Å². The predicted molar refractivity (Wildman–Crippen MR) is 114 cm³/mol. The van der Waals surface area contributed by atoms with Crippen molar-refractivity contribution in [2.75, 3.05) is 39.7 Å². The van der Waals surface area contributed by atoms with Crippen molar-refractivity contribution in [3.8, 4) is 0 Å². The Morgan fingerprint density at radius 1 is 1.23 bits per heavy atom. The summed E-state index contributed by atoms with van der Waals surface area (Å²) in [6.07, 6.45) is 3.08. The van der Waals surface area contributed by atoms with Crippen LogP contribution in [0.25, 0.3) is 16.7 Å². The minimum absolute atomic E-state index is 0.243. The molecule has 0 radical (unpaired) electrons. The zero-order chi connectivity index (χ0) is 21.7. The maximum Gasteiger partial charge on any atom is 0.278 e. The topological polar surface area (TPSA) is 112 Å². The number of pyridine rings is 2. The quantitative estimate of drug-likeness (QED) is 0.305. The molecule has 0 saturated carbocycles. The highest BCUT2D eigenvalue weighted by atomic mass is 16.5. The van der Waals surface area contributed by atoms with Crippen LogP contribution in [0.2, 0.25) is 0 Å². The highest BCUT2D eigenvalue weighted by Crippen LogP contribution is 2.15. The number of anilines is 1. The molecule has 1 amide bonds. The Balaban J connectivity index is 2.15. The third-order valence-electron chi connectivity index (χ3n) is 4.88. The lowest BCUT2D eigenvalue weighted by atomic mass is 10.1. The number of nitrogens with two attached hydrogens (primary N) is 1. The van der Waals surface area contributed by atoms with Gasteiger partial charge in [0, 0.05) is 46.6 Å². The first kappa shape index (κ1) is 21.7. The lowest BCUT2D eigenvalue weighted by Crippen LogP contribution is -2.43. The number of fused-ring (bicyclic) bond motifs is 2. The molecule has 3 aromatic heterocycles. The molecule has 9 nitrogen and oxygen atoms in total. The molecular formula is C21H28N5O4+. The normalized spacial score (nSPS) is 11.3. The summed E-state index contributed by atoms with van der Waals surface area (Å²) in [5.74, 6) is -0.0639. The molecule has 160 valence electrons. The number of aryl methyl sites for hydroxylation is 2. The summed E-state index contributed by atoms with van der Waals surface area (Å²) >= 11 is 0. The first-order chi connectivity index (χ1) is 14.5. The number of aromatic nitrogens is 3. The van der Waals surface area contributed by atoms with E-state index in [-0.39, 0.29) is 22.8 Å². The van der Waals surface area contributed by atoms with Crippen LogP contribution in [0.4, 0.5) is 5.82 Å². The van der Waals surface area contributed by atoms with Crippen LogP contribution in [-0.4, -0.2) is 49.3 Å². The Kier molecular flexibility index (Phi) is 6.96. The van der Waals surface area contributed by atoms with Crippen LogP contribution in [0.1, 0.15) is 28.8 Å². The van der Waals surface area contributed by atoms with Gasteiger partial charge in [0.1, 0.15) is 10.9 Å². The summed E-state index contributed by atoms with van der Waals surface area (Å²) in [5.41, 5.74) is 8.29. The highest BCUT2D eigenvalue weighted by molar-refractivity contribution is 6.00. The number of nitrogen functional groups attached to an aromatic ring is 1. The Bertz CT molecular complexity index is 1130. The summed E-state index contributed by atoms with van der Waals surface area (Å²) in [7, 11) is 3.23. The number of carbonyl (C=O) groups excluding carboxylic acids is 1. The fraction of sp³-hybridized carbons (Fsp3) is 0.429. The van der Waals surface area contributed by atoms with Crippen LogP contribution in [0.3, 0.4) is 0 Å². The molecule has 0 aliphatic heterocycles. The van der Waals surface area contributed by atoms with Gasteiger partial charge >= 0.3 is 0 Å². The number of ether oxygens (including phenoxy) is 2. The van der Waals surface area contributed by atoms with Gasteiger partial charge in [-0.25, -0.2) is 4.57 Å². The van der Waals surface area contributed by atoms with Crippen molar-refractivity contribution in [2.45, 2.75) is 26.3 Å². The zero-order valence-electron chi connectivity index (χ0n) is 17.6. The smallest absolute Gasteiger partial charge is 0.278 e. The van der Waals surface area contributed by atoms with E-state index in [9.17, 15) is 9.59 Å². The van der Waals surface area contributed by atoms with E-state index < -0.39 is 0 Å². The van der Waals surface area contributed by atoms with Crippen LogP contribution in [0, 0.1) is 6.92 Å². The van der Waals surface area contributed by atoms with Crippen molar-refractivity contribution >= 4 is 28.4 Å². The van der Waals surface area contributed by atoms with E-state index in [2.05, 4.69) is 10.3 Å². The van der Waals surface area contributed by atoms with Gasteiger partial charge in [-0.1, -0.05) is 11.1 Å². The second-order valence-corrected chi connectivity index (χ2v) is 7.13. The summed E-state index contributed by atoms with van der Waals surface area (Å²) in [4.78, 5) is 30.7. The van der Waals surface area contributed by atoms with Gasteiger partial charge in [0.2, 0.25) is 11.5 Å². The number of methoxy groups -OCH3 is 2. The fourth-order valence-corrected chi connectivity index (χ4v) is 3.35. The highest BCUT2D eigenvalue weighted by Gasteiger charge is 2.24. The van der Waals surface area contributed by atoms with E-state index >= 15 is 0 Å². The molecule has 0 spiro atoms. The first-order valence-corrected chi connectivity index (χ1v) is 9.89. The predicted octanol–water partition coefficient (Wildman–Crippen LogP) is 0.829. The van der Waals surface area contributed by atoms with Gasteiger partial charge in [0.15, 0.2) is 0 Å². The second-order valence-electron chi connectivity index (χ2n) is 7.13. The van der Waals surface area contributed by atoms with Crippen molar-refractivity contribution in [1.29, 1.82) is 0 Å². The molecule has 3 N–H and O–H groups in total. The number of nitrogens with one attached hydrogen (secondary N) is 1. The number of hydrogen-bond acceptors (Lipinski definition) is 6. The summed E-state index contributed by atoms with van der Waals surface area (Å²) in [6.45, 7) is 3.88. The molecule has 0 unspecified atom stereocenters. The minimum Gasteiger partial charge on any atom is -0.385 e. The van der Waals surface area contributed by atoms with Gasteiger partial charge < -0.3 is 20.5 Å². The third-order valence-corrected chi connectivity index (χ3v) is 4.88. The van der Waals surface area contributed by atoms with Crippen LogP contribution >= 0.6 is 0 Å². The van der Waals surface area contributed by atoms with Gasteiger partial charge in [-0.05, 0) is 31.0 Å². The van der Waals surface area contributed by atoms with Gasteiger partial charge in [-0.15, -0.1) is 0 Å². The molecule has 0 atom stereocenters. The molecular weight excluding hydrogens is 386 g/mol. The molecule has 0 aromatic carbocycles. The Hall–Kier alpha value is -3.04. The average molecular weight is 414 g/mol. The van der Waals surface area contributed by atoms with Crippen LogP contribution in [0.5, 0.6) is 0 Å². The van der Waals surface area contributed by atoms with E-state index in [1.807, 2.05) is 13.0 Å². The first-order valence-electron chi connectivity index (χ1n) is 9.89. The third kappa shape index (κ3) is 4.42. The maximum atomic E-state index is 13.2. The zero-order valence-corrected chi connectivity index (χ0v) is 17.6. The number of nitrogens with zero attached hydrogens (tertiary/aromatic N) is 3. The largest absolute Gasteiger partial charge is 0.385 e. The number of rotatable bonds is 9. The van der Waals surface area contributed by atoms with Crippen molar-refractivity contribution in [3.05, 3.63) is 45.9 Å². The lowest BCUT2D eigenvalue weighted by Gasteiger charge is -2.12. The number of hydrogen-bond donors (Lipinski definition) is 2. The van der Waals surface area contributed by atoms with Crippen molar-refractivity contribution in [2.24, 2.45) is 0 Å². The molecule has 0 fully saturated rings. The van der Waals surface area contributed by atoms with Gasteiger partial charge in [-0.3, -0.25) is 14.0 Å². The standard InChI is InChI=1S/C21H27N5O4/c1-14-6-7-17-24-19-16(21(28)26(17)13-14)12-15(20(27)23-8-4-10-29-2)18(22)25(19)9-5-11-30-3/h6-7,12-13,22H,4-5,8-11H2,1-3H3,(H,23,27)/p+1. The Morgan fingerprint density at radius 2 is 1.97 bits per heavy atom.